The lowest BCUT2D eigenvalue weighted by Gasteiger charge is -2.27. The van der Waals surface area contributed by atoms with Gasteiger partial charge in [0.05, 0.1) is 23.8 Å². The van der Waals surface area contributed by atoms with Crippen molar-refractivity contribution in [2.75, 3.05) is 6.54 Å². The van der Waals surface area contributed by atoms with E-state index in [9.17, 15) is 0 Å². The van der Waals surface area contributed by atoms with Gasteiger partial charge < -0.3 is 9.88 Å². The van der Waals surface area contributed by atoms with Crippen LogP contribution in [0.5, 0.6) is 0 Å². The molecule has 1 aromatic carbocycles. The predicted molar refractivity (Wildman–Crippen MR) is 77.3 cm³/mol. The van der Waals surface area contributed by atoms with E-state index in [-0.39, 0.29) is 6.04 Å². The molecule has 0 fully saturated rings. The molecular weight excluding hydrogens is 234 g/mol. The van der Waals surface area contributed by atoms with E-state index in [1.54, 1.807) is 0 Å². The van der Waals surface area contributed by atoms with Crippen LogP contribution in [0.1, 0.15) is 48.4 Å². The molecule has 100 valence electrons. The lowest BCUT2D eigenvalue weighted by Crippen LogP contribution is -2.32. The van der Waals surface area contributed by atoms with E-state index in [1.165, 1.54) is 22.5 Å². The number of rotatable bonds is 2. The third-order valence-corrected chi connectivity index (χ3v) is 3.86. The van der Waals surface area contributed by atoms with Gasteiger partial charge in [0.15, 0.2) is 0 Å². The molecule has 1 aromatic heterocycles. The summed E-state index contributed by atoms with van der Waals surface area (Å²) in [6, 6.07) is 9.53. The molecule has 1 aliphatic rings. The molecule has 0 saturated heterocycles. The molecule has 1 atom stereocenters. The van der Waals surface area contributed by atoms with Crippen molar-refractivity contribution in [1.82, 2.24) is 14.9 Å². The molecule has 0 bridgehead atoms. The molecule has 2 heterocycles. The normalized spacial score (nSPS) is 18.6. The summed E-state index contributed by atoms with van der Waals surface area (Å²) >= 11 is 0. The van der Waals surface area contributed by atoms with Crippen LogP contribution in [0.4, 0.5) is 0 Å². The van der Waals surface area contributed by atoms with Crippen molar-refractivity contribution in [2.45, 2.75) is 39.3 Å². The molecular formula is C16H21N3. The first kappa shape index (κ1) is 12.4. The number of hydrogen-bond donors (Lipinski definition) is 1. The standard InChI is InChI=1S/C16H21N3/c1-11(2)19-10-18-14-8-9-17-15(16(14)19)13-6-4-12(3)5-7-13/h4-7,10-11,15,17H,8-9H2,1-3H3. The smallest absolute Gasteiger partial charge is 0.0954 e. The molecule has 1 unspecified atom stereocenters. The molecule has 0 saturated carbocycles. The van der Waals surface area contributed by atoms with Gasteiger partial charge in [0, 0.05) is 19.0 Å². The SMILES string of the molecule is Cc1ccc(C2NCCc3ncn(C(C)C)c32)cc1. The average molecular weight is 255 g/mol. The Balaban J connectivity index is 2.06. The first-order chi connectivity index (χ1) is 9.16. The number of benzene rings is 1. The number of aryl methyl sites for hydroxylation is 1. The maximum Gasteiger partial charge on any atom is 0.0954 e. The highest BCUT2D eigenvalue weighted by atomic mass is 15.1. The Bertz CT molecular complexity index is 566. The van der Waals surface area contributed by atoms with Crippen LogP contribution in [0.15, 0.2) is 30.6 Å². The zero-order chi connectivity index (χ0) is 13.4. The molecule has 1 aliphatic heterocycles. The van der Waals surface area contributed by atoms with Gasteiger partial charge in [0.1, 0.15) is 0 Å². The van der Waals surface area contributed by atoms with Crippen LogP contribution in [0.2, 0.25) is 0 Å². The van der Waals surface area contributed by atoms with E-state index in [1.807, 2.05) is 6.33 Å². The third-order valence-electron chi connectivity index (χ3n) is 3.86. The minimum absolute atomic E-state index is 0.272. The van der Waals surface area contributed by atoms with Crippen LogP contribution in [0, 0.1) is 6.92 Å². The molecule has 19 heavy (non-hydrogen) atoms. The van der Waals surface area contributed by atoms with E-state index >= 15 is 0 Å². The second kappa shape index (κ2) is 4.82. The van der Waals surface area contributed by atoms with Crippen LogP contribution in [-0.2, 0) is 6.42 Å². The molecule has 1 N–H and O–H groups in total. The molecule has 3 nitrogen and oxygen atoms in total. The minimum Gasteiger partial charge on any atom is -0.330 e. The van der Waals surface area contributed by atoms with Gasteiger partial charge in [0.2, 0.25) is 0 Å². The molecule has 0 aliphatic carbocycles. The molecule has 3 rings (SSSR count). The molecule has 2 aromatic rings. The van der Waals surface area contributed by atoms with Crippen LogP contribution in [-0.4, -0.2) is 16.1 Å². The van der Waals surface area contributed by atoms with Crippen LogP contribution in [0.25, 0.3) is 0 Å². The maximum absolute atomic E-state index is 4.59. The fraction of sp³-hybridized carbons (Fsp3) is 0.438. The summed E-state index contributed by atoms with van der Waals surface area (Å²) in [5.74, 6) is 0. The Morgan fingerprint density at radius 3 is 2.68 bits per heavy atom. The Morgan fingerprint density at radius 1 is 1.26 bits per heavy atom. The molecule has 0 radical (unpaired) electrons. The Hall–Kier alpha value is -1.61. The first-order valence-electron chi connectivity index (χ1n) is 7.02. The van der Waals surface area contributed by atoms with Crippen molar-refractivity contribution < 1.29 is 0 Å². The summed E-state index contributed by atoms with van der Waals surface area (Å²) in [5, 5.41) is 3.63. The van der Waals surface area contributed by atoms with Gasteiger partial charge in [-0.2, -0.15) is 0 Å². The highest BCUT2D eigenvalue weighted by Crippen LogP contribution is 2.30. The Morgan fingerprint density at radius 2 is 2.00 bits per heavy atom. The fourth-order valence-electron chi connectivity index (χ4n) is 2.80. The number of nitrogens with one attached hydrogen (secondary N) is 1. The van der Waals surface area contributed by atoms with Crippen molar-refractivity contribution >= 4 is 0 Å². The third kappa shape index (κ3) is 2.19. The average Bonchev–Trinajstić information content (AvgIpc) is 2.83. The Labute approximate surface area is 114 Å². The summed E-state index contributed by atoms with van der Waals surface area (Å²) in [6.07, 6.45) is 3.01. The van der Waals surface area contributed by atoms with Gasteiger partial charge >= 0.3 is 0 Å². The largest absolute Gasteiger partial charge is 0.330 e. The van der Waals surface area contributed by atoms with E-state index in [4.69, 9.17) is 0 Å². The van der Waals surface area contributed by atoms with Crippen LogP contribution < -0.4 is 5.32 Å². The monoisotopic (exact) mass is 255 g/mol. The van der Waals surface area contributed by atoms with Crippen LogP contribution in [0.3, 0.4) is 0 Å². The van der Waals surface area contributed by atoms with Crippen molar-refractivity contribution in [3.05, 3.63) is 53.1 Å². The predicted octanol–water partition coefficient (Wildman–Crippen LogP) is 3.01. The Kier molecular flexibility index (Phi) is 3.15. The summed E-state index contributed by atoms with van der Waals surface area (Å²) in [6.45, 7) is 7.55. The summed E-state index contributed by atoms with van der Waals surface area (Å²) in [5.41, 5.74) is 5.22. The fourth-order valence-corrected chi connectivity index (χ4v) is 2.80. The number of hydrogen-bond acceptors (Lipinski definition) is 2. The van der Waals surface area contributed by atoms with E-state index < -0.39 is 0 Å². The second-order valence-electron chi connectivity index (χ2n) is 5.63. The zero-order valence-corrected chi connectivity index (χ0v) is 11.9. The van der Waals surface area contributed by atoms with Crippen molar-refractivity contribution in [1.29, 1.82) is 0 Å². The molecule has 0 spiro atoms. The summed E-state index contributed by atoms with van der Waals surface area (Å²) in [7, 11) is 0. The quantitative estimate of drug-likeness (QED) is 0.894. The van der Waals surface area contributed by atoms with Crippen molar-refractivity contribution in [2.24, 2.45) is 0 Å². The van der Waals surface area contributed by atoms with Gasteiger partial charge in [-0.15, -0.1) is 0 Å². The van der Waals surface area contributed by atoms with Crippen LogP contribution >= 0.6 is 0 Å². The van der Waals surface area contributed by atoms with Gasteiger partial charge in [0.25, 0.3) is 0 Å². The van der Waals surface area contributed by atoms with Crippen molar-refractivity contribution in [3.63, 3.8) is 0 Å². The number of aromatic nitrogens is 2. The number of imidazole rings is 1. The summed E-state index contributed by atoms with van der Waals surface area (Å²) < 4.78 is 2.30. The lowest BCUT2D eigenvalue weighted by molar-refractivity contribution is 0.491. The van der Waals surface area contributed by atoms with Gasteiger partial charge in [-0.25, -0.2) is 4.98 Å². The zero-order valence-electron chi connectivity index (χ0n) is 11.9. The van der Waals surface area contributed by atoms with Gasteiger partial charge in [-0.1, -0.05) is 29.8 Å². The second-order valence-corrected chi connectivity index (χ2v) is 5.63. The van der Waals surface area contributed by atoms with Gasteiger partial charge in [-0.05, 0) is 26.3 Å². The van der Waals surface area contributed by atoms with Crippen molar-refractivity contribution in [3.8, 4) is 0 Å². The highest BCUT2D eigenvalue weighted by molar-refractivity contribution is 5.34. The molecule has 0 amide bonds. The number of nitrogens with zero attached hydrogens (tertiary/aromatic N) is 2. The van der Waals surface area contributed by atoms with E-state index in [2.05, 4.69) is 59.9 Å². The highest BCUT2D eigenvalue weighted by Gasteiger charge is 2.26. The maximum atomic E-state index is 4.59. The minimum atomic E-state index is 0.272. The summed E-state index contributed by atoms with van der Waals surface area (Å²) in [4.78, 5) is 4.59. The van der Waals surface area contributed by atoms with Gasteiger partial charge in [-0.3, -0.25) is 0 Å². The van der Waals surface area contributed by atoms with E-state index in [0.717, 1.165) is 13.0 Å². The number of fused-ring (bicyclic) bond motifs is 1. The molecule has 3 heteroatoms. The first-order valence-corrected chi connectivity index (χ1v) is 7.02. The van der Waals surface area contributed by atoms with E-state index in [0.29, 0.717) is 6.04 Å². The topological polar surface area (TPSA) is 29.9 Å². The lowest BCUT2D eigenvalue weighted by atomic mass is 9.96.